The predicted octanol–water partition coefficient (Wildman–Crippen LogP) is 4.26. The number of carbonyl (C=O) groups excluding carboxylic acids is 1. The maximum Gasteiger partial charge on any atom is 0.405 e. The van der Waals surface area contributed by atoms with Crippen LogP contribution in [0.3, 0.4) is 0 Å². The van der Waals surface area contributed by atoms with Crippen LogP contribution in [-0.4, -0.2) is 52.1 Å². The van der Waals surface area contributed by atoms with E-state index in [0.29, 0.717) is 17.9 Å². The molecule has 0 saturated carbocycles. The van der Waals surface area contributed by atoms with Gasteiger partial charge < -0.3 is 19.7 Å². The van der Waals surface area contributed by atoms with Crippen molar-refractivity contribution in [3.63, 3.8) is 0 Å². The van der Waals surface area contributed by atoms with Crippen molar-refractivity contribution in [3.8, 4) is 11.5 Å². The fraction of sp³-hybridized carbons (Fsp3) is 0.280. The van der Waals surface area contributed by atoms with Crippen molar-refractivity contribution in [2.24, 2.45) is 0 Å². The van der Waals surface area contributed by atoms with E-state index < -0.39 is 30.3 Å². The minimum atomic E-state index is -4.68. The Labute approximate surface area is 211 Å². The molecule has 0 spiro atoms. The highest BCUT2D eigenvalue weighted by molar-refractivity contribution is 6.48. The van der Waals surface area contributed by atoms with Crippen molar-refractivity contribution >= 4 is 23.3 Å². The molecule has 37 heavy (non-hydrogen) atoms. The summed E-state index contributed by atoms with van der Waals surface area (Å²) in [6, 6.07) is 9.29. The molecule has 1 amide bonds. The third-order valence-electron chi connectivity index (χ3n) is 5.46. The zero-order chi connectivity index (χ0) is 27.3. The molecular weight excluding hydrogens is 489 g/mol. The summed E-state index contributed by atoms with van der Waals surface area (Å²) >= 11 is 0. The number of rotatable bonds is 7. The third kappa shape index (κ3) is 6.66. The lowest BCUT2D eigenvalue weighted by Crippen LogP contribution is -2.48. The molecule has 0 aliphatic carbocycles. The van der Waals surface area contributed by atoms with Gasteiger partial charge in [-0.25, -0.2) is 4.98 Å². The van der Waals surface area contributed by atoms with Crippen LogP contribution in [0, 0.1) is 10.8 Å². The summed E-state index contributed by atoms with van der Waals surface area (Å²) in [5.41, 5.74) is 1.65. The van der Waals surface area contributed by atoms with E-state index in [9.17, 15) is 23.1 Å². The molecular formula is C25H27F3N6O3. The lowest BCUT2D eigenvalue weighted by Gasteiger charge is -2.27. The van der Waals surface area contributed by atoms with E-state index in [2.05, 4.69) is 4.98 Å². The molecule has 0 saturated heterocycles. The fourth-order valence-electron chi connectivity index (χ4n) is 3.60. The number of carbonyl (C=O) groups is 1. The van der Waals surface area contributed by atoms with Crippen LogP contribution in [-0.2, 0) is 11.3 Å². The number of hydrogen-bond donors (Lipinski definition) is 4. The van der Waals surface area contributed by atoms with Gasteiger partial charge in [-0.2, -0.15) is 13.2 Å². The Morgan fingerprint density at radius 3 is 2.43 bits per heavy atom. The van der Waals surface area contributed by atoms with Gasteiger partial charge in [-0.3, -0.25) is 20.5 Å². The summed E-state index contributed by atoms with van der Waals surface area (Å²) < 4.78 is 45.2. The highest BCUT2D eigenvalue weighted by Crippen LogP contribution is 2.34. The predicted molar refractivity (Wildman–Crippen MR) is 133 cm³/mol. The molecule has 0 aliphatic heterocycles. The van der Waals surface area contributed by atoms with Crippen LogP contribution in [0.25, 0.3) is 0 Å². The molecule has 0 aliphatic rings. The van der Waals surface area contributed by atoms with Gasteiger partial charge in [0.2, 0.25) is 0 Å². The van der Waals surface area contributed by atoms with E-state index >= 15 is 0 Å². The number of halogens is 3. The van der Waals surface area contributed by atoms with E-state index in [1.54, 1.807) is 36.2 Å². The number of nitrogens with zero attached hydrogens (tertiary/aromatic N) is 3. The first kappa shape index (κ1) is 27.2. The number of hydrogen-bond acceptors (Lipinski definition) is 6. The maximum absolute atomic E-state index is 12.7. The van der Waals surface area contributed by atoms with Gasteiger partial charge in [0, 0.05) is 30.7 Å². The highest BCUT2D eigenvalue weighted by atomic mass is 19.4. The summed E-state index contributed by atoms with van der Waals surface area (Å²) in [5, 5.41) is 29.5. The molecule has 3 rings (SSSR count). The number of phenols is 1. The van der Waals surface area contributed by atoms with Gasteiger partial charge in [0.25, 0.3) is 5.91 Å². The number of benzene rings is 2. The summed E-state index contributed by atoms with van der Waals surface area (Å²) in [4.78, 5) is 17.4. The molecule has 3 aromatic rings. The molecule has 0 radical (unpaired) electrons. The molecule has 9 nitrogen and oxygen atoms in total. The third-order valence-corrected chi connectivity index (χ3v) is 5.46. The van der Waals surface area contributed by atoms with Gasteiger partial charge in [-0.1, -0.05) is 26.0 Å². The van der Waals surface area contributed by atoms with E-state index in [1.165, 1.54) is 31.4 Å². The number of ether oxygens (including phenoxy) is 1. The fourth-order valence-corrected chi connectivity index (χ4v) is 3.60. The lowest BCUT2D eigenvalue weighted by atomic mass is 9.98. The molecule has 0 fully saturated rings. The van der Waals surface area contributed by atoms with Crippen molar-refractivity contribution in [2.75, 3.05) is 18.6 Å². The van der Waals surface area contributed by atoms with Crippen LogP contribution in [0.15, 0.2) is 55.1 Å². The molecule has 196 valence electrons. The smallest absolute Gasteiger partial charge is 0.405 e. The summed E-state index contributed by atoms with van der Waals surface area (Å²) in [7, 11) is 1.43. The van der Waals surface area contributed by atoms with Gasteiger partial charge >= 0.3 is 6.18 Å². The van der Waals surface area contributed by atoms with Crippen molar-refractivity contribution in [3.05, 3.63) is 71.8 Å². The van der Waals surface area contributed by atoms with Crippen molar-refractivity contribution in [1.29, 1.82) is 10.8 Å². The molecule has 0 bridgehead atoms. The number of methoxy groups -OCH3 is 1. The number of nitrogens with one attached hydrogen (secondary N) is 3. The summed E-state index contributed by atoms with van der Waals surface area (Å²) in [5.74, 6) is -2.75. The Hall–Kier alpha value is -4.35. The first-order chi connectivity index (χ1) is 17.4. The second kappa shape index (κ2) is 11.1. The zero-order valence-corrected chi connectivity index (χ0v) is 20.4. The Morgan fingerprint density at radius 2 is 1.89 bits per heavy atom. The number of amidine groups is 2. The lowest BCUT2D eigenvalue weighted by molar-refractivity contribution is -0.134. The molecule has 0 atom stereocenters. The first-order valence-corrected chi connectivity index (χ1v) is 11.2. The minimum Gasteiger partial charge on any atom is -0.507 e. The van der Waals surface area contributed by atoms with Gasteiger partial charge in [-0.15, -0.1) is 0 Å². The van der Waals surface area contributed by atoms with Gasteiger partial charge in [0.15, 0.2) is 5.84 Å². The highest BCUT2D eigenvalue weighted by Gasteiger charge is 2.31. The van der Waals surface area contributed by atoms with Crippen molar-refractivity contribution in [2.45, 2.75) is 32.5 Å². The van der Waals surface area contributed by atoms with E-state index in [4.69, 9.17) is 15.6 Å². The molecule has 1 heterocycles. The van der Waals surface area contributed by atoms with Gasteiger partial charge in [0.1, 0.15) is 23.9 Å². The van der Waals surface area contributed by atoms with Crippen LogP contribution in [0.1, 0.15) is 36.5 Å². The number of phenolic OH excluding ortho intramolecular Hbond substituents is 1. The average molecular weight is 517 g/mol. The van der Waals surface area contributed by atoms with E-state index in [0.717, 1.165) is 10.5 Å². The first-order valence-electron chi connectivity index (χ1n) is 11.2. The zero-order valence-electron chi connectivity index (χ0n) is 20.4. The Bertz CT molecular complexity index is 1270. The van der Waals surface area contributed by atoms with Gasteiger partial charge in [-0.05, 0) is 35.2 Å². The SMILES string of the molecule is COc1cc(O)c(C(=N)N(C(=N)C(=O)NCC(F)(F)F)c2ccc(Cn3ccnc3)cc2)cc1C(C)C. The van der Waals surface area contributed by atoms with Crippen LogP contribution in [0.2, 0.25) is 0 Å². The Balaban J connectivity index is 2.01. The van der Waals surface area contributed by atoms with E-state index in [1.807, 2.05) is 18.4 Å². The number of aromatic hydroxyl groups is 1. The molecule has 0 unspecified atom stereocenters. The van der Waals surface area contributed by atoms with E-state index in [-0.39, 0.29) is 22.9 Å². The number of amides is 1. The second-order valence-electron chi connectivity index (χ2n) is 8.50. The normalized spacial score (nSPS) is 11.3. The van der Waals surface area contributed by atoms with Crippen LogP contribution < -0.4 is 15.0 Å². The average Bonchev–Trinajstić information content (AvgIpc) is 3.35. The Morgan fingerprint density at radius 1 is 1.22 bits per heavy atom. The molecule has 1 aromatic heterocycles. The van der Waals surface area contributed by atoms with Crippen molar-refractivity contribution in [1.82, 2.24) is 14.9 Å². The Kier molecular flexibility index (Phi) is 8.21. The van der Waals surface area contributed by atoms with Crippen molar-refractivity contribution < 1.29 is 27.8 Å². The standard InChI is InChI=1S/C25H27F3N6O3/c1-15(2)18-10-19(20(35)11-21(18)37-3)22(29)34(23(30)24(36)32-13-25(26,27)28)17-6-4-16(5-7-17)12-33-9-8-31-14-33/h4-11,14-15,29-30,35H,12-13H2,1-3H3,(H,32,36). The van der Waals surface area contributed by atoms with Crippen LogP contribution >= 0.6 is 0 Å². The molecule has 12 heteroatoms. The number of imidazole rings is 1. The molecule has 4 N–H and O–H groups in total. The number of aromatic nitrogens is 2. The monoisotopic (exact) mass is 516 g/mol. The molecule has 2 aromatic carbocycles. The number of anilines is 1. The second-order valence-corrected chi connectivity index (χ2v) is 8.50. The van der Waals surface area contributed by atoms with Gasteiger partial charge in [0.05, 0.1) is 19.0 Å². The van der Waals surface area contributed by atoms with Crippen LogP contribution in [0.5, 0.6) is 11.5 Å². The minimum absolute atomic E-state index is 0.0274. The van der Waals surface area contributed by atoms with Crippen LogP contribution in [0.4, 0.5) is 18.9 Å². The quantitative estimate of drug-likeness (QED) is 0.276. The number of alkyl halides is 3. The largest absolute Gasteiger partial charge is 0.507 e. The summed E-state index contributed by atoms with van der Waals surface area (Å²) in [6.45, 7) is 2.61. The summed E-state index contributed by atoms with van der Waals surface area (Å²) in [6.07, 6.45) is 0.361. The topological polar surface area (TPSA) is 127 Å². The maximum atomic E-state index is 12.7.